The van der Waals surface area contributed by atoms with E-state index in [-0.39, 0.29) is 35.9 Å². The lowest BCUT2D eigenvalue weighted by molar-refractivity contribution is -0.145. The highest BCUT2D eigenvalue weighted by molar-refractivity contribution is 5.81. The first-order valence-corrected chi connectivity index (χ1v) is 10.3. The Morgan fingerprint density at radius 2 is 1.59 bits per heavy atom. The zero-order chi connectivity index (χ0) is 20.8. The molecule has 2 saturated carbocycles. The molecule has 2 aliphatic carbocycles. The molecule has 3 rings (SSSR count). The molecule has 0 heterocycles. The van der Waals surface area contributed by atoms with Gasteiger partial charge in [-0.2, -0.15) is 0 Å². The number of nitrogens with one attached hydrogen (secondary N) is 1. The number of carbonyl (C=O) groups is 2. The van der Waals surface area contributed by atoms with Crippen LogP contribution in [0.3, 0.4) is 0 Å². The number of hydrogen-bond donors (Lipinski definition) is 1. The van der Waals surface area contributed by atoms with Crippen LogP contribution in [0.5, 0.6) is 17.2 Å². The Morgan fingerprint density at radius 1 is 0.897 bits per heavy atom. The third kappa shape index (κ3) is 5.14. The van der Waals surface area contributed by atoms with Crippen LogP contribution < -0.4 is 19.5 Å². The second kappa shape index (κ2) is 9.85. The molecule has 1 aromatic rings. The molecule has 1 aromatic carbocycles. The van der Waals surface area contributed by atoms with E-state index in [4.69, 9.17) is 18.9 Å². The van der Waals surface area contributed by atoms with Crippen molar-refractivity contribution in [3.05, 3.63) is 18.2 Å². The average molecular weight is 405 g/mol. The smallest absolute Gasteiger partial charge is 0.308 e. The Kier molecular flexibility index (Phi) is 7.23. The molecule has 2 aliphatic rings. The predicted molar refractivity (Wildman–Crippen MR) is 107 cm³/mol. The van der Waals surface area contributed by atoms with Gasteiger partial charge in [-0.25, -0.2) is 0 Å². The van der Waals surface area contributed by atoms with E-state index in [1.165, 1.54) is 7.11 Å². The molecular formula is C22H31NO6. The van der Waals surface area contributed by atoms with Crippen molar-refractivity contribution in [3.8, 4) is 17.2 Å². The summed E-state index contributed by atoms with van der Waals surface area (Å²) in [6, 6.07) is 5.76. The molecule has 29 heavy (non-hydrogen) atoms. The average Bonchev–Trinajstić information content (AvgIpc) is 3.25. The van der Waals surface area contributed by atoms with Crippen LogP contribution in [-0.2, 0) is 14.3 Å². The summed E-state index contributed by atoms with van der Waals surface area (Å²) in [6.07, 6.45) is 5.62. The molecule has 0 aromatic heterocycles. The second-order valence-electron chi connectivity index (χ2n) is 7.82. The van der Waals surface area contributed by atoms with Gasteiger partial charge in [0.2, 0.25) is 11.7 Å². The summed E-state index contributed by atoms with van der Waals surface area (Å²) in [7, 11) is 4.61. The van der Waals surface area contributed by atoms with Gasteiger partial charge in [0, 0.05) is 12.0 Å². The summed E-state index contributed by atoms with van der Waals surface area (Å²) in [4.78, 5) is 24.2. The van der Waals surface area contributed by atoms with Gasteiger partial charge in [-0.3, -0.25) is 9.59 Å². The van der Waals surface area contributed by atoms with Gasteiger partial charge in [-0.1, -0.05) is 6.07 Å². The van der Waals surface area contributed by atoms with Gasteiger partial charge in [0.05, 0.1) is 33.4 Å². The van der Waals surface area contributed by atoms with Gasteiger partial charge >= 0.3 is 5.97 Å². The number of ether oxygens (including phenoxy) is 4. The fraction of sp³-hybridized carbons (Fsp3) is 0.636. The van der Waals surface area contributed by atoms with Gasteiger partial charge in [0.15, 0.2) is 11.5 Å². The van der Waals surface area contributed by atoms with Gasteiger partial charge < -0.3 is 24.3 Å². The first-order chi connectivity index (χ1) is 14.0. The topological polar surface area (TPSA) is 83.1 Å². The van der Waals surface area contributed by atoms with Crippen LogP contribution in [0.25, 0.3) is 0 Å². The molecule has 2 fully saturated rings. The van der Waals surface area contributed by atoms with E-state index in [2.05, 4.69) is 5.32 Å². The van der Waals surface area contributed by atoms with Gasteiger partial charge in [-0.05, 0) is 57.1 Å². The van der Waals surface area contributed by atoms with Crippen LogP contribution >= 0.6 is 0 Å². The Labute approximate surface area is 172 Å². The molecule has 1 N–H and O–H groups in total. The number of esters is 1. The van der Waals surface area contributed by atoms with Crippen molar-refractivity contribution in [3.63, 3.8) is 0 Å². The van der Waals surface area contributed by atoms with Crippen molar-refractivity contribution in [2.24, 2.45) is 11.8 Å². The third-order valence-corrected chi connectivity index (χ3v) is 6.02. The minimum atomic E-state index is -0.203. The maximum Gasteiger partial charge on any atom is 0.308 e. The fourth-order valence-corrected chi connectivity index (χ4v) is 4.37. The first-order valence-electron chi connectivity index (χ1n) is 10.3. The van der Waals surface area contributed by atoms with Crippen molar-refractivity contribution < 1.29 is 28.5 Å². The Balaban J connectivity index is 1.46. The Bertz CT molecular complexity index is 713. The van der Waals surface area contributed by atoms with Crippen LogP contribution in [0, 0.1) is 11.8 Å². The maximum absolute atomic E-state index is 12.6. The fourth-order valence-electron chi connectivity index (χ4n) is 4.37. The number of carbonyl (C=O) groups excluding carboxylic acids is 2. The SMILES string of the molecule is COC(=O)[C@@H]1CC[C@H](C(=O)NC2CCC(Oc3cccc(OC)c3OC)CC2)C1. The summed E-state index contributed by atoms with van der Waals surface area (Å²) in [6.45, 7) is 0. The standard InChI is InChI=1S/C22H31NO6/c1-26-18-5-4-6-19(20(18)27-2)29-17-11-9-16(10-12-17)23-21(24)14-7-8-15(13-14)22(25)28-3/h4-6,14-17H,7-13H2,1-3H3,(H,23,24)/t14-,15+,16?,17?/m0/s1. The highest BCUT2D eigenvalue weighted by Gasteiger charge is 2.35. The Hall–Kier alpha value is -2.44. The molecule has 2 atom stereocenters. The van der Waals surface area contributed by atoms with E-state index in [1.54, 1.807) is 14.2 Å². The lowest BCUT2D eigenvalue weighted by Crippen LogP contribution is -2.42. The Morgan fingerprint density at radius 3 is 2.24 bits per heavy atom. The lowest BCUT2D eigenvalue weighted by Gasteiger charge is -2.30. The van der Waals surface area contributed by atoms with Crippen LogP contribution in [0.1, 0.15) is 44.9 Å². The van der Waals surface area contributed by atoms with E-state index < -0.39 is 0 Å². The first kappa shape index (κ1) is 21.3. The van der Waals surface area contributed by atoms with Crippen molar-refractivity contribution in [1.29, 1.82) is 0 Å². The summed E-state index contributed by atoms with van der Waals surface area (Å²) in [5.74, 6) is 1.56. The van der Waals surface area contributed by atoms with E-state index in [1.807, 2.05) is 18.2 Å². The molecule has 1 amide bonds. The van der Waals surface area contributed by atoms with Crippen LogP contribution in [0.2, 0.25) is 0 Å². The molecule has 0 radical (unpaired) electrons. The van der Waals surface area contributed by atoms with Gasteiger partial charge in [0.25, 0.3) is 0 Å². The quantitative estimate of drug-likeness (QED) is 0.702. The van der Waals surface area contributed by atoms with E-state index >= 15 is 0 Å². The molecule has 7 heteroatoms. The molecule has 0 bridgehead atoms. The van der Waals surface area contributed by atoms with E-state index in [9.17, 15) is 9.59 Å². The van der Waals surface area contributed by atoms with Crippen LogP contribution in [0.15, 0.2) is 18.2 Å². The minimum absolute atomic E-state index is 0.0650. The molecule has 0 saturated heterocycles. The minimum Gasteiger partial charge on any atom is -0.493 e. The predicted octanol–water partition coefficient (Wildman–Crippen LogP) is 3.10. The molecule has 0 spiro atoms. The second-order valence-corrected chi connectivity index (χ2v) is 7.82. The summed E-state index contributed by atoms with van der Waals surface area (Å²) >= 11 is 0. The maximum atomic E-state index is 12.6. The summed E-state index contributed by atoms with van der Waals surface area (Å²) in [5, 5.41) is 3.17. The third-order valence-electron chi connectivity index (χ3n) is 6.02. The van der Waals surface area contributed by atoms with Gasteiger partial charge in [0.1, 0.15) is 0 Å². The number of para-hydroxylation sites is 1. The normalized spacial score (nSPS) is 26.4. The molecule has 0 unspecified atom stereocenters. The summed E-state index contributed by atoms with van der Waals surface area (Å²) in [5.41, 5.74) is 0. The zero-order valence-electron chi connectivity index (χ0n) is 17.4. The number of rotatable bonds is 7. The van der Waals surface area contributed by atoms with Crippen molar-refractivity contribution in [1.82, 2.24) is 5.32 Å². The molecular weight excluding hydrogens is 374 g/mol. The molecule has 0 aliphatic heterocycles. The zero-order valence-corrected chi connectivity index (χ0v) is 17.4. The molecule has 160 valence electrons. The van der Waals surface area contributed by atoms with Gasteiger partial charge in [-0.15, -0.1) is 0 Å². The number of methoxy groups -OCH3 is 3. The number of benzene rings is 1. The monoisotopic (exact) mass is 405 g/mol. The van der Waals surface area contributed by atoms with E-state index in [0.717, 1.165) is 38.5 Å². The largest absolute Gasteiger partial charge is 0.493 e. The highest BCUT2D eigenvalue weighted by atomic mass is 16.5. The van der Waals surface area contributed by atoms with Crippen molar-refractivity contribution in [2.75, 3.05) is 21.3 Å². The number of amides is 1. The number of hydrogen-bond acceptors (Lipinski definition) is 6. The highest BCUT2D eigenvalue weighted by Crippen LogP contribution is 2.38. The van der Waals surface area contributed by atoms with E-state index in [0.29, 0.717) is 23.7 Å². The molecule has 7 nitrogen and oxygen atoms in total. The van der Waals surface area contributed by atoms with Crippen LogP contribution in [-0.4, -0.2) is 45.4 Å². The van der Waals surface area contributed by atoms with Crippen molar-refractivity contribution >= 4 is 11.9 Å². The lowest BCUT2D eigenvalue weighted by atomic mass is 9.92. The van der Waals surface area contributed by atoms with Crippen LogP contribution in [0.4, 0.5) is 0 Å². The summed E-state index contributed by atoms with van der Waals surface area (Å²) < 4.78 is 21.7. The van der Waals surface area contributed by atoms with Crippen molar-refractivity contribution in [2.45, 2.75) is 57.1 Å².